The minimum absolute atomic E-state index is 0.0442. The Morgan fingerprint density at radius 2 is 2.00 bits per heavy atom. The van der Waals surface area contributed by atoms with Crippen LogP contribution in [0.15, 0.2) is 36.5 Å². The predicted molar refractivity (Wildman–Crippen MR) is 85.3 cm³/mol. The highest BCUT2D eigenvalue weighted by Gasteiger charge is 2.20. The number of carbonyl (C=O) groups excluding carboxylic acids is 1. The monoisotopic (exact) mass is 319 g/mol. The van der Waals surface area contributed by atoms with Gasteiger partial charge < -0.3 is 10.1 Å². The molecule has 1 aliphatic carbocycles. The molecule has 0 atom stereocenters. The van der Waals surface area contributed by atoms with Crippen molar-refractivity contribution in [2.75, 3.05) is 11.9 Å². The minimum Gasteiger partial charge on any atom is -0.484 e. The van der Waals surface area contributed by atoms with Crippen LogP contribution in [0.3, 0.4) is 0 Å². The molecule has 0 bridgehead atoms. The number of amides is 1. The Bertz CT molecular complexity index is 633. The molecule has 1 N–H and O–H groups in total. The number of hydrogen-bond acceptors (Lipinski definition) is 3. The lowest BCUT2D eigenvalue weighted by Gasteiger charge is -2.14. The van der Waals surface area contributed by atoms with E-state index in [0.717, 1.165) is 18.7 Å². The molecule has 1 aliphatic rings. The van der Waals surface area contributed by atoms with Gasteiger partial charge in [-0.05, 0) is 37.1 Å². The number of aromatic nitrogens is 2. The van der Waals surface area contributed by atoms with Crippen molar-refractivity contribution in [1.29, 1.82) is 0 Å². The number of rotatable bonds is 5. The van der Waals surface area contributed by atoms with E-state index in [1.807, 2.05) is 10.7 Å². The van der Waals surface area contributed by atoms with Crippen LogP contribution in [0, 0.1) is 0 Å². The van der Waals surface area contributed by atoms with E-state index in [2.05, 4.69) is 10.4 Å². The summed E-state index contributed by atoms with van der Waals surface area (Å²) in [5.41, 5.74) is 0. The van der Waals surface area contributed by atoms with Crippen molar-refractivity contribution < 1.29 is 9.53 Å². The van der Waals surface area contributed by atoms with Gasteiger partial charge >= 0.3 is 0 Å². The molecule has 2 aromatic rings. The lowest BCUT2D eigenvalue weighted by atomic mass is 10.2. The molecule has 1 aromatic carbocycles. The molecular weight excluding hydrogens is 302 g/mol. The highest BCUT2D eigenvalue weighted by Crippen LogP contribution is 2.31. The second-order valence-corrected chi connectivity index (χ2v) is 5.83. The SMILES string of the molecule is O=C(COc1ccc(Cl)cc1)Nc1ccnn1C1CCCC1. The first kappa shape index (κ1) is 14.9. The molecule has 3 rings (SSSR count). The highest BCUT2D eigenvalue weighted by atomic mass is 35.5. The predicted octanol–water partition coefficient (Wildman–Crippen LogP) is 3.67. The largest absolute Gasteiger partial charge is 0.484 e. The average Bonchev–Trinajstić information content (AvgIpc) is 3.17. The van der Waals surface area contributed by atoms with Gasteiger partial charge in [0.15, 0.2) is 6.61 Å². The zero-order valence-electron chi connectivity index (χ0n) is 12.2. The standard InChI is InChI=1S/C16H18ClN3O2/c17-12-5-7-14(8-6-12)22-11-16(21)19-15-9-10-18-20(15)13-3-1-2-4-13/h5-10,13H,1-4,11H2,(H,19,21). The number of nitrogens with zero attached hydrogens (tertiary/aromatic N) is 2. The average molecular weight is 320 g/mol. The zero-order chi connectivity index (χ0) is 15.4. The van der Waals surface area contributed by atoms with Crippen LogP contribution in [0.5, 0.6) is 5.75 Å². The molecule has 6 heteroatoms. The third kappa shape index (κ3) is 3.60. The van der Waals surface area contributed by atoms with Crippen LogP contribution in [0.25, 0.3) is 0 Å². The maximum absolute atomic E-state index is 12.0. The number of anilines is 1. The summed E-state index contributed by atoms with van der Waals surface area (Å²) in [6.07, 6.45) is 6.39. The van der Waals surface area contributed by atoms with E-state index in [1.165, 1.54) is 12.8 Å². The van der Waals surface area contributed by atoms with Gasteiger partial charge in [-0.2, -0.15) is 5.10 Å². The third-order valence-electron chi connectivity index (χ3n) is 3.79. The van der Waals surface area contributed by atoms with Gasteiger partial charge in [-0.15, -0.1) is 0 Å². The van der Waals surface area contributed by atoms with Crippen molar-refractivity contribution in [3.63, 3.8) is 0 Å². The van der Waals surface area contributed by atoms with Crippen LogP contribution < -0.4 is 10.1 Å². The van der Waals surface area contributed by atoms with Crippen molar-refractivity contribution in [3.05, 3.63) is 41.6 Å². The smallest absolute Gasteiger partial charge is 0.263 e. The summed E-state index contributed by atoms with van der Waals surface area (Å²) < 4.78 is 7.35. The lowest BCUT2D eigenvalue weighted by molar-refractivity contribution is -0.118. The minimum atomic E-state index is -0.199. The van der Waals surface area contributed by atoms with Gasteiger partial charge in [0.2, 0.25) is 0 Å². The molecule has 0 unspecified atom stereocenters. The number of carbonyl (C=O) groups is 1. The number of halogens is 1. The summed E-state index contributed by atoms with van der Waals surface area (Å²) in [6.45, 7) is -0.0442. The molecule has 116 valence electrons. The molecule has 22 heavy (non-hydrogen) atoms. The Hall–Kier alpha value is -2.01. The molecule has 1 fully saturated rings. The van der Waals surface area contributed by atoms with Crippen molar-refractivity contribution in [1.82, 2.24) is 9.78 Å². The van der Waals surface area contributed by atoms with E-state index in [0.29, 0.717) is 16.8 Å². The normalized spacial score (nSPS) is 15.0. The number of hydrogen-bond donors (Lipinski definition) is 1. The second-order valence-electron chi connectivity index (χ2n) is 5.39. The Labute approximate surface area is 134 Å². The molecule has 1 saturated carbocycles. The van der Waals surface area contributed by atoms with Crippen molar-refractivity contribution in [2.24, 2.45) is 0 Å². The number of ether oxygens (including phenoxy) is 1. The van der Waals surface area contributed by atoms with E-state index in [-0.39, 0.29) is 12.5 Å². The Kier molecular flexibility index (Phi) is 4.63. The summed E-state index contributed by atoms with van der Waals surface area (Å²) in [6, 6.07) is 9.13. The Morgan fingerprint density at radius 1 is 1.27 bits per heavy atom. The van der Waals surface area contributed by atoms with Crippen LogP contribution in [0.2, 0.25) is 5.02 Å². The first-order valence-electron chi connectivity index (χ1n) is 7.44. The molecule has 1 amide bonds. The molecular formula is C16H18ClN3O2. The molecule has 1 heterocycles. The van der Waals surface area contributed by atoms with Gasteiger partial charge in [-0.3, -0.25) is 4.79 Å². The van der Waals surface area contributed by atoms with Gasteiger partial charge in [0, 0.05) is 11.1 Å². The third-order valence-corrected chi connectivity index (χ3v) is 4.04. The second kappa shape index (κ2) is 6.83. The Balaban J connectivity index is 1.55. The van der Waals surface area contributed by atoms with E-state index in [1.54, 1.807) is 30.5 Å². The fourth-order valence-electron chi connectivity index (χ4n) is 2.71. The summed E-state index contributed by atoms with van der Waals surface area (Å²) in [5, 5.41) is 7.82. The van der Waals surface area contributed by atoms with Gasteiger partial charge in [-0.25, -0.2) is 4.68 Å². The Morgan fingerprint density at radius 3 is 2.73 bits per heavy atom. The lowest BCUT2D eigenvalue weighted by Crippen LogP contribution is -2.23. The van der Waals surface area contributed by atoms with E-state index < -0.39 is 0 Å². The maximum atomic E-state index is 12.0. The summed E-state index contributed by atoms with van der Waals surface area (Å²) in [5.74, 6) is 1.15. The van der Waals surface area contributed by atoms with Crippen LogP contribution in [-0.2, 0) is 4.79 Å². The number of benzene rings is 1. The fraction of sp³-hybridized carbons (Fsp3) is 0.375. The van der Waals surface area contributed by atoms with E-state index >= 15 is 0 Å². The summed E-state index contributed by atoms with van der Waals surface area (Å²) >= 11 is 5.80. The maximum Gasteiger partial charge on any atom is 0.263 e. The van der Waals surface area contributed by atoms with Gasteiger partial charge in [0.25, 0.3) is 5.91 Å². The topological polar surface area (TPSA) is 56.1 Å². The molecule has 0 spiro atoms. The quantitative estimate of drug-likeness (QED) is 0.914. The van der Waals surface area contributed by atoms with Crippen LogP contribution >= 0.6 is 11.6 Å². The van der Waals surface area contributed by atoms with Crippen LogP contribution in [-0.4, -0.2) is 22.3 Å². The highest BCUT2D eigenvalue weighted by molar-refractivity contribution is 6.30. The molecule has 0 aliphatic heterocycles. The molecule has 1 aromatic heterocycles. The van der Waals surface area contributed by atoms with Crippen molar-refractivity contribution in [2.45, 2.75) is 31.7 Å². The summed E-state index contributed by atoms with van der Waals surface area (Å²) in [4.78, 5) is 12.0. The fourth-order valence-corrected chi connectivity index (χ4v) is 2.84. The molecule has 5 nitrogen and oxygen atoms in total. The van der Waals surface area contributed by atoms with Gasteiger partial charge in [-0.1, -0.05) is 24.4 Å². The zero-order valence-corrected chi connectivity index (χ0v) is 12.9. The van der Waals surface area contributed by atoms with Crippen LogP contribution in [0.1, 0.15) is 31.7 Å². The first-order chi connectivity index (χ1) is 10.7. The molecule has 0 radical (unpaired) electrons. The number of nitrogens with one attached hydrogen (secondary N) is 1. The van der Waals surface area contributed by atoms with Crippen molar-refractivity contribution >= 4 is 23.3 Å². The van der Waals surface area contributed by atoms with E-state index in [4.69, 9.17) is 16.3 Å². The van der Waals surface area contributed by atoms with Gasteiger partial charge in [0.1, 0.15) is 11.6 Å². The first-order valence-corrected chi connectivity index (χ1v) is 7.82. The molecule has 0 saturated heterocycles. The van der Waals surface area contributed by atoms with E-state index in [9.17, 15) is 4.79 Å². The summed E-state index contributed by atoms with van der Waals surface area (Å²) in [7, 11) is 0. The van der Waals surface area contributed by atoms with Gasteiger partial charge in [0.05, 0.1) is 12.2 Å². The van der Waals surface area contributed by atoms with Crippen LogP contribution in [0.4, 0.5) is 5.82 Å². The van der Waals surface area contributed by atoms with Crippen molar-refractivity contribution in [3.8, 4) is 5.75 Å².